The molecule has 0 aromatic heterocycles. The Morgan fingerprint density at radius 2 is 2.22 bits per heavy atom. The standard InChI is InChI=1S/C4H8N2O3/c1-3-4(7)6(9)2-5(3)8/h3,8-9H,2H2,1H3. The van der Waals surface area contributed by atoms with E-state index in [0.717, 1.165) is 5.06 Å². The van der Waals surface area contributed by atoms with Gasteiger partial charge in [-0.2, -0.15) is 5.06 Å². The summed E-state index contributed by atoms with van der Waals surface area (Å²) in [5, 5.41) is 18.6. The van der Waals surface area contributed by atoms with Crippen LogP contribution in [0.25, 0.3) is 0 Å². The second-order valence-electron chi connectivity index (χ2n) is 1.99. The van der Waals surface area contributed by atoms with Gasteiger partial charge in [0.25, 0.3) is 5.91 Å². The smallest absolute Gasteiger partial charge is 0.266 e. The third-order valence-electron chi connectivity index (χ3n) is 1.34. The third kappa shape index (κ3) is 0.893. The number of carbonyl (C=O) groups is 1. The van der Waals surface area contributed by atoms with Crippen molar-refractivity contribution < 1.29 is 15.2 Å². The Morgan fingerprint density at radius 3 is 2.33 bits per heavy atom. The van der Waals surface area contributed by atoms with E-state index in [1.165, 1.54) is 6.92 Å². The molecule has 1 fully saturated rings. The molecule has 1 heterocycles. The molecule has 1 aliphatic rings. The predicted molar refractivity (Wildman–Crippen MR) is 26.6 cm³/mol. The highest BCUT2D eigenvalue weighted by Crippen LogP contribution is 2.07. The lowest BCUT2D eigenvalue weighted by Crippen LogP contribution is -2.26. The Balaban J connectivity index is 2.65. The van der Waals surface area contributed by atoms with Gasteiger partial charge in [-0.05, 0) is 6.92 Å². The zero-order valence-electron chi connectivity index (χ0n) is 4.98. The fourth-order valence-electron chi connectivity index (χ4n) is 0.673. The summed E-state index contributed by atoms with van der Waals surface area (Å²) >= 11 is 0. The molecule has 0 saturated carbocycles. The summed E-state index contributed by atoms with van der Waals surface area (Å²) in [6.45, 7) is 1.39. The number of amides is 1. The van der Waals surface area contributed by atoms with Crippen LogP contribution in [0.5, 0.6) is 0 Å². The van der Waals surface area contributed by atoms with Gasteiger partial charge in [-0.1, -0.05) is 0 Å². The fourth-order valence-corrected chi connectivity index (χ4v) is 0.673. The molecule has 1 atom stereocenters. The highest BCUT2D eigenvalue weighted by molar-refractivity contribution is 5.81. The second kappa shape index (κ2) is 1.94. The molecule has 5 nitrogen and oxygen atoms in total. The van der Waals surface area contributed by atoms with E-state index >= 15 is 0 Å². The maximum atomic E-state index is 10.6. The van der Waals surface area contributed by atoms with E-state index < -0.39 is 11.9 Å². The van der Waals surface area contributed by atoms with Gasteiger partial charge in [0, 0.05) is 0 Å². The Kier molecular flexibility index (Phi) is 1.40. The zero-order chi connectivity index (χ0) is 7.02. The van der Waals surface area contributed by atoms with Crippen LogP contribution in [-0.4, -0.2) is 39.2 Å². The van der Waals surface area contributed by atoms with Crippen LogP contribution in [-0.2, 0) is 4.79 Å². The van der Waals surface area contributed by atoms with E-state index in [1.54, 1.807) is 0 Å². The molecule has 9 heavy (non-hydrogen) atoms. The number of hydrogen-bond donors (Lipinski definition) is 2. The van der Waals surface area contributed by atoms with E-state index in [0.29, 0.717) is 5.06 Å². The maximum absolute atomic E-state index is 10.6. The minimum absolute atomic E-state index is 0.125. The van der Waals surface area contributed by atoms with Gasteiger partial charge in [-0.15, -0.1) is 0 Å². The lowest BCUT2D eigenvalue weighted by Gasteiger charge is -2.05. The first-order valence-electron chi connectivity index (χ1n) is 2.58. The van der Waals surface area contributed by atoms with Crippen LogP contribution in [0.2, 0.25) is 0 Å². The van der Waals surface area contributed by atoms with Crippen LogP contribution >= 0.6 is 0 Å². The molecule has 52 valence electrons. The summed E-state index contributed by atoms with van der Waals surface area (Å²) in [5.74, 6) is -0.475. The molecular weight excluding hydrogens is 124 g/mol. The minimum atomic E-state index is -0.616. The molecule has 0 aromatic rings. The Hall–Kier alpha value is -0.650. The van der Waals surface area contributed by atoms with Crippen molar-refractivity contribution >= 4 is 5.91 Å². The molecule has 1 saturated heterocycles. The monoisotopic (exact) mass is 132 g/mol. The van der Waals surface area contributed by atoms with Crippen molar-refractivity contribution in [2.24, 2.45) is 0 Å². The lowest BCUT2D eigenvalue weighted by molar-refractivity contribution is -0.166. The van der Waals surface area contributed by atoms with E-state index in [4.69, 9.17) is 10.4 Å². The van der Waals surface area contributed by atoms with Crippen molar-refractivity contribution in [3.05, 3.63) is 0 Å². The van der Waals surface area contributed by atoms with Gasteiger partial charge in [0.05, 0.1) is 0 Å². The van der Waals surface area contributed by atoms with Crippen molar-refractivity contribution in [3.8, 4) is 0 Å². The van der Waals surface area contributed by atoms with Gasteiger partial charge in [0.15, 0.2) is 0 Å². The van der Waals surface area contributed by atoms with E-state index in [9.17, 15) is 4.79 Å². The van der Waals surface area contributed by atoms with E-state index in [2.05, 4.69) is 0 Å². The summed E-state index contributed by atoms with van der Waals surface area (Å²) in [7, 11) is 0. The molecule has 2 N–H and O–H groups in total. The summed E-state index contributed by atoms with van der Waals surface area (Å²) < 4.78 is 0. The predicted octanol–water partition coefficient (Wildman–Crippen LogP) is -0.745. The lowest BCUT2D eigenvalue weighted by atomic mass is 10.3. The SMILES string of the molecule is CC1C(=O)N(O)CN1O. The highest BCUT2D eigenvalue weighted by atomic mass is 16.6. The van der Waals surface area contributed by atoms with Crippen LogP contribution in [0.4, 0.5) is 0 Å². The van der Waals surface area contributed by atoms with Crippen molar-refractivity contribution in [2.75, 3.05) is 6.67 Å². The summed E-state index contributed by atoms with van der Waals surface area (Å²) in [6.07, 6.45) is 0. The number of carbonyl (C=O) groups excluding carboxylic acids is 1. The molecule has 0 spiro atoms. The normalized spacial score (nSPS) is 29.9. The van der Waals surface area contributed by atoms with Crippen LogP contribution in [0, 0.1) is 0 Å². The summed E-state index contributed by atoms with van der Waals surface area (Å²) in [5.41, 5.74) is 0. The van der Waals surface area contributed by atoms with Crippen molar-refractivity contribution in [2.45, 2.75) is 13.0 Å². The Labute approximate surface area is 52.0 Å². The van der Waals surface area contributed by atoms with Gasteiger partial charge >= 0.3 is 0 Å². The van der Waals surface area contributed by atoms with Crippen LogP contribution in [0.1, 0.15) is 6.92 Å². The molecule has 0 aromatic carbocycles. The molecule has 0 aliphatic carbocycles. The third-order valence-corrected chi connectivity index (χ3v) is 1.34. The molecule has 0 bridgehead atoms. The van der Waals surface area contributed by atoms with Crippen LogP contribution < -0.4 is 0 Å². The topological polar surface area (TPSA) is 64.0 Å². The zero-order valence-corrected chi connectivity index (χ0v) is 4.98. The van der Waals surface area contributed by atoms with Gasteiger partial charge in [0.2, 0.25) is 0 Å². The quantitative estimate of drug-likeness (QED) is 0.426. The molecule has 1 unspecified atom stereocenters. The molecule has 5 heteroatoms. The van der Waals surface area contributed by atoms with Gasteiger partial charge < -0.3 is 5.21 Å². The molecule has 1 aliphatic heterocycles. The maximum Gasteiger partial charge on any atom is 0.266 e. The number of rotatable bonds is 0. The van der Waals surface area contributed by atoms with Crippen LogP contribution in [0.15, 0.2) is 0 Å². The van der Waals surface area contributed by atoms with Gasteiger partial charge in [-0.3, -0.25) is 10.0 Å². The van der Waals surface area contributed by atoms with Crippen molar-refractivity contribution in [3.63, 3.8) is 0 Å². The van der Waals surface area contributed by atoms with Gasteiger partial charge in [0.1, 0.15) is 12.7 Å². The highest BCUT2D eigenvalue weighted by Gasteiger charge is 2.33. The molecule has 1 rings (SSSR count). The average Bonchev–Trinajstić information content (AvgIpc) is 1.98. The van der Waals surface area contributed by atoms with Crippen LogP contribution in [0.3, 0.4) is 0 Å². The Morgan fingerprint density at radius 1 is 1.67 bits per heavy atom. The van der Waals surface area contributed by atoms with Gasteiger partial charge in [-0.25, -0.2) is 5.06 Å². The molecule has 1 amide bonds. The average molecular weight is 132 g/mol. The Bertz CT molecular complexity index is 138. The van der Waals surface area contributed by atoms with Crippen molar-refractivity contribution in [1.29, 1.82) is 0 Å². The summed E-state index contributed by atoms with van der Waals surface area (Å²) in [4.78, 5) is 10.6. The second-order valence-corrected chi connectivity index (χ2v) is 1.99. The first-order chi connectivity index (χ1) is 4.13. The number of hydroxylamine groups is 4. The summed E-state index contributed by atoms with van der Waals surface area (Å²) in [6, 6.07) is -0.616. The minimum Gasteiger partial charge on any atom is -0.311 e. The number of hydrogen-bond acceptors (Lipinski definition) is 4. The number of nitrogens with zero attached hydrogens (tertiary/aromatic N) is 2. The first kappa shape index (κ1) is 6.47. The van der Waals surface area contributed by atoms with E-state index in [-0.39, 0.29) is 6.67 Å². The van der Waals surface area contributed by atoms with Crippen molar-refractivity contribution in [1.82, 2.24) is 10.1 Å². The largest absolute Gasteiger partial charge is 0.311 e. The van der Waals surface area contributed by atoms with E-state index in [1.807, 2.05) is 0 Å². The molecule has 0 radical (unpaired) electrons. The molecular formula is C4H8N2O3. The first-order valence-corrected chi connectivity index (χ1v) is 2.58. The fraction of sp³-hybridized carbons (Fsp3) is 0.750.